The summed E-state index contributed by atoms with van der Waals surface area (Å²) < 4.78 is 5.95. The van der Waals surface area contributed by atoms with Crippen molar-refractivity contribution < 1.29 is 9.53 Å². The molecule has 0 amide bonds. The summed E-state index contributed by atoms with van der Waals surface area (Å²) >= 11 is 0. The summed E-state index contributed by atoms with van der Waals surface area (Å²) in [7, 11) is 0. The molecule has 0 aliphatic rings. The standard InChI is InChI=1S/C23H23NO2/c1-23(2,24)20-16-10-9-15-19(20)21(17-11-5-3-6-12-17)26-22(25)18-13-7-4-8-14-18/h3-16,21H,24H2,1-2H3. The van der Waals surface area contributed by atoms with E-state index in [1.807, 2.05) is 86.6 Å². The first kappa shape index (κ1) is 17.9. The van der Waals surface area contributed by atoms with Crippen LogP contribution in [0.5, 0.6) is 0 Å². The zero-order valence-electron chi connectivity index (χ0n) is 15.1. The maximum absolute atomic E-state index is 12.7. The van der Waals surface area contributed by atoms with Crippen LogP contribution in [0.4, 0.5) is 0 Å². The Labute approximate surface area is 154 Å². The Morgan fingerprint density at radius 3 is 2.00 bits per heavy atom. The number of esters is 1. The van der Waals surface area contributed by atoms with E-state index in [0.29, 0.717) is 5.56 Å². The number of rotatable bonds is 5. The molecule has 26 heavy (non-hydrogen) atoms. The second-order valence-corrected chi connectivity index (χ2v) is 6.87. The van der Waals surface area contributed by atoms with Crippen LogP contribution in [0.2, 0.25) is 0 Å². The molecule has 3 aromatic carbocycles. The molecule has 3 nitrogen and oxygen atoms in total. The number of carbonyl (C=O) groups is 1. The van der Waals surface area contributed by atoms with Gasteiger partial charge in [-0.05, 0) is 37.1 Å². The first-order valence-electron chi connectivity index (χ1n) is 8.66. The lowest BCUT2D eigenvalue weighted by molar-refractivity contribution is 0.0375. The van der Waals surface area contributed by atoms with E-state index in [-0.39, 0.29) is 5.97 Å². The molecule has 0 bridgehead atoms. The number of hydrogen-bond donors (Lipinski definition) is 1. The lowest BCUT2D eigenvalue weighted by Gasteiger charge is -2.27. The largest absolute Gasteiger partial charge is 0.449 e. The van der Waals surface area contributed by atoms with E-state index >= 15 is 0 Å². The SMILES string of the molecule is CC(C)(N)c1ccccc1C(OC(=O)c1ccccc1)c1ccccc1. The van der Waals surface area contributed by atoms with Gasteiger partial charge in [0.25, 0.3) is 0 Å². The first-order valence-corrected chi connectivity index (χ1v) is 8.66. The van der Waals surface area contributed by atoms with Gasteiger partial charge in [-0.15, -0.1) is 0 Å². The molecule has 3 aromatic rings. The number of benzene rings is 3. The highest BCUT2D eigenvalue weighted by atomic mass is 16.5. The molecule has 0 spiro atoms. The van der Waals surface area contributed by atoms with E-state index in [1.54, 1.807) is 12.1 Å². The third-order valence-corrected chi connectivity index (χ3v) is 4.27. The highest BCUT2D eigenvalue weighted by molar-refractivity contribution is 5.89. The van der Waals surface area contributed by atoms with Crippen LogP contribution in [0.1, 0.15) is 47.0 Å². The van der Waals surface area contributed by atoms with Crippen molar-refractivity contribution in [3.05, 3.63) is 107 Å². The van der Waals surface area contributed by atoms with Gasteiger partial charge in [-0.25, -0.2) is 4.79 Å². The smallest absolute Gasteiger partial charge is 0.339 e. The van der Waals surface area contributed by atoms with Crippen LogP contribution in [0.15, 0.2) is 84.9 Å². The summed E-state index contributed by atoms with van der Waals surface area (Å²) in [6.45, 7) is 3.90. The van der Waals surface area contributed by atoms with Crippen molar-refractivity contribution in [2.45, 2.75) is 25.5 Å². The Bertz CT molecular complexity index is 867. The van der Waals surface area contributed by atoms with Crippen molar-refractivity contribution in [3.8, 4) is 0 Å². The monoisotopic (exact) mass is 345 g/mol. The van der Waals surface area contributed by atoms with Gasteiger partial charge in [0, 0.05) is 11.1 Å². The fourth-order valence-electron chi connectivity index (χ4n) is 3.00. The predicted octanol–water partition coefficient (Wildman–Crippen LogP) is 4.83. The number of hydrogen-bond acceptors (Lipinski definition) is 3. The molecule has 2 N–H and O–H groups in total. The van der Waals surface area contributed by atoms with Crippen molar-refractivity contribution >= 4 is 5.97 Å². The van der Waals surface area contributed by atoms with Crippen LogP contribution < -0.4 is 5.73 Å². The summed E-state index contributed by atoms with van der Waals surface area (Å²) in [5, 5.41) is 0. The van der Waals surface area contributed by atoms with Crippen LogP contribution in [-0.2, 0) is 10.3 Å². The van der Waals surface area contributed by atoms with Crippen LogP contribution in [0.3, 0.4) is 0 Å². The zero-order valence-corrected chi connectivity index (χ0v) is 15.1. The molecule has 0 saturated heterocycles. The van der Waals surface area contributed by atoms with Crippen LogP contribution in [0, 0.1) is 0 Å². The van der Waals surface area contributed by atoms with E-state index in [2.05, 4.69) is 0 Å². The minimum atomic E-state index is -0.553. The number of nitrogens with two attached hydrogens (primary N) is 1. The molecule has 1 unspecified atom stereocenters. The number of ether oxygens (including phenoxy) is 1. The highest BCUT2D eigenvalue weighted by Crippen LogP contribution is 2.33. The van der Waals surface area contributed by atoms with E-state index in [4.69, 9.17) is 10.5 Å². The predicted molar refractivity (Wildman–Crippen MR) is 104 cm³/mol. The normalized spacial score (nSPS) is 12.4. The van der Waals surface area contributed by atoms with Gasteiger partial charge in [-0.3, -0.25) is 0 Å². The average Bonchev–Trinajstić information content (AvgIpc) is 2.66. The van der Waals surface area contributed by atoms with E-state index in [9.17, 15) is 4.79 Å². The summed E-state index contributed by atoms with van der Waals surface area (Å²) in [4.78, 5) is 12.7. The Kier molecular flexibility index (Phi) is 5.19. The Balaban J connectivity index is 2.05. The third kappa shape index (κ3) is 4.01. The average molecular weight is 345 g/mol. The van der Waals surface area contributed by atoms with E-state index < -0.39 is 11.6 Å². The summed E-state index contributed by atoms with van der Waals surface area (Å²) in [5.74, 6) is -0.357. The molecular formula is C23H23NO2. The van der Waals surface area contributed by atoms with Crippen molar-refractivity contribution in [1.29, 1.82) is 0 Å². The molecule has 132 valence electrons. The van der Waals surface area contributed by atoms with Crippen molar-refractivity contribution in [1.82, 2.24) is 0 Å². The molecule has 0 aromatic heterocycles. The van der Waals surface area contributed by atoms with Crippen molar-refractivity contribution in [2.24, 2.45) is 5.73 Å². The fraction of sp³-hybridized carbons (Fsp3) is 0.174. The maximum Gasteiger partial charge on any atom is 0.339 e. The molecule has 0 heterocycles. The van der Waals surface area contributed by atoms with Gasteiger partial charge in [0.2, 0.25) is 0 Å². The Morgan fingerprint density at radius 1 is 0.846 bits per heavy atom. The zero-order chi connectivity index (χ0) is 18.6. The van der Waals surface area contributed by atoms with Gasteiger partial charge in [-0.2, -0.15) is 0 Å². The quantitative estimate of drug-likeness (QED) is 0.674. The maximum atomic E-state index is 12.7. The van der Waals surface area contributed by atoms with Gasteiger partial charge in [0.1, 0.15) is 0 Å². The van der Waals surface area contributed by atoms with Gasteiger partial charge < -0.3 is 10.5 Å². The molecule has 0 fully saturated rings. The van der Waals surface area contributed by atoms with Gasteiger partial charge in [-0.1, -0.05) is 72.8 Å². The molecular weight excluding hydrogens is 322 g/mol. The lowest BCUT2D eigenvalue weighted by atomic mass is 9.87. The molecule has 0 saturated carbocycles. The number of carbonyl (C=O) groups excluding carboxylic acids is 1. The molecule has 0 aliphatic heterocycles. The second kappa shape index (κ2) is 7.54. The summed E-state index contributed by atoms with van der Waals surface area (Å²) in [6.07, 6.45) is -0.525. The summed E-state index contributed by atoms with van der Waals surface area (Å²) in [6, 6.07) is 26.6. The minimum absolute atomic E-state index is 0.357. The van der Waals surface area contributed by atoms with Crippen molar-refractivity contribution in [2.75, 3.05) is 0 Å². The third-order valence-electron chi connectivity index (χ3n) is 4.27. The molecule has 0 radical (unpaired) electrons. The Morgan fingerprint density at radius 2 is 1.38 bits per heavy atom. The molecule has 1 atom stereocenters. The van der Waals surface area contributed by atoms with Gasteiger partial charge in [0.15, 0.2) is 6.10 Å². The Hall–Kier alpha value is -2.91. The molecule has 0 aliphatic carbocycles. The van der Waals surface area contributed by atoms with Gasteiger partial charge >= 0.3 is 5.97 Å². The van der Waals surface area contributed by atoms with Crippen LogP contribution >= 0.6 is 0 Å². The topological polar surface area (TPSA) is 52.3 Å². The fourth-order valence-corrected chi connectivity index (χ4v) is 3.00. The molecule has 3 heteroatoms. The highest BCUT2D eigenvalue weighted by Gasteiger charge is 2.27. The molecule has 3 rings (SSSR count). The first-order chi connectivity index (χ1) is 12.5. The van der Waals surface area contributed by atoms with Crippen LogP contribution in [-0.4, -0.2) is 5.97 Å². The van der Waals surface area contributed by atoms with E-state index in [0.717, 1.165) is 16.7 Å². The summed E-state index contributed by atoms with van der Waals surface area (Å²) in [5.41, 5.74) is 9.11. The van der Waals surface area contributed by atoms with Crippen molar-refractivity contribution in [3.63, 3.8) is 0 Å². The minimum Gasteiger partial charge on any atom is -0.449 e. The van der Waals surface area contributed by atoms with Gasteiger partial charge in [0.05, 0.1) is 5.56 Å². The second-order valence-electron chi connectivity index (χ2n) is 6.87. The lowest BCUT2D eigenvalue weighted by Crippen LogP contribution is -2.31. The van der Waals surface area contributed by atoms with E-state index in [1.165, 1.54) is 0 Å². The van der Waals surface area contributed by atoms with Crippen LogP contribution in [0.25, 0.3) is 0 Å².